The Morgan fingerprint density at radius 1 is 0.952 bits per heavy atom. The molecule has 1 aliphatic heterocycles. The van der Waals surface area contributed by atoms with Crippen molar-refractivity contribution in [2.75, 3.05) is 0 Å². The fourth-order valence-corrected chi connectivity index (χ4v) is 2.71. The van der Waals surface area contributed by atoms with E-state index in [1.54, 1.807) is 0 Å². The van der Waals surface area contributed by atoms with Crippen molar-refractivity contribution in [1.29, 1.82) is 0 Å². The first-order chi connectivity index (χ1) is 10.1. The summed E-state index contributed by atoms with van der Waals surface area (Å²) in [5, 5.41) is 0. The predicted molar refractivity (Wildman–Crippen MR) is 86.7 cm³/mol. The van der Waals surface area contributed by atoms with Crippen molar-refractivity contribution < 1.29 is 4.74 Å². The quantitative estimate of drug-likeness (QED) is 0.751. The number of allylic oxidation sites excluding steroid dienone is 1. The van der Waals surface area contributed by atoms with Gasteiger partial charge < -0.3 is 4.74 Å². The van der Waals surface area contributed by atoms with Crippen LogP contribution in [0.2, 0.25) is 0 Å². The van der Waals surface area contributed by atoms with Crippen LogP contribution in [0.25, 0.3) is 0 Å². The monoisotopic (exact) mass is 277 g/mol. The van der Waals surface area contributed by atoms with E-state index in [0.717, 1.165) is 17.3 Å². The molecule has 0 aromatic heterocycles. The summed E-state index contributed by atoms with van der Waals surface area (Å²) in [6.45, 7) is 8.38. The number of benzene rings is 2. The van der Waals surface area contributed by atoms with Gasteiger partial charge in [0.25, 0.3) is 0 Å². The second-order valence-corrected chi connectivity index (χ2v) is 5.88. The van der Waals surface area contributed by atoms with E-state index < -0.39 is 0 Å². The fourth-order valence-electron chi connectivity index (χ4n) is 2.71. The molecule has 1 atom stereocenters. The summed E-state index contributed by atoms with van der Waals surface area (Å²) in [4.78, 5) is 4.70. The number of rotatable bonds is 2. The van der Waals surface area contributed by atoms with E-state index in [1.165, 1.54) is 5.56 Å². The van der Waals surface area contributed by atoms with Crippen LogP contribution in [0.5, 0.6) is 0 Å². The minimum absolute atomic E-state index is 0.0893. The molecule has 0 amide bonds. The zero-order valence-corrected chi connectivity index (χ0v) is 12.4. The highest BCUT2D eigenvalue weighted by atomic mass is 16.5. The zero-order chi connectivity index (χ0) is 14.9. The Labute approximate surface area is 125 Å². The maximum absolute atomic E-state index is 5.90. The highest BCUT2D eigenvalue weighted by Gasteiger charge is 2.46. The molecule has 1 fully saturated rings. The molecule has 106 valence electrons. The molecule has 3 rings (SSSR count). The lowest BCUT2D eigenvalue weighted by Crippen LogP contribution is -2.21. The van der Waals surface area contributed by atoms with Crippen molar-refractivity contribution in [1.82, 2.24) is 0 Å². The van der Waals surface area contributed by atoms with Crippen LogP contribution in [-0.2, 0) is 4.74 Å². The minimum Gasteiger partial charge on any atom is -0.447 e. The van der Waals surface area contributed by atoms with Crippen LogP contribution in [0, 0.1) is 5.41 Å². The molecule has 1 unspecified atom stereocenters. The van der Waals surface area contributed by atoms with Gasteiger partial charge in [-0.3, -0.25) is 0 Å². The Balaban J connectivity index is 2.07. The van der Waals surface area contributed by atoms with Gasteiger partial charge in [-0.2, -0.15) is 0 Å². The van der Waals surface area contributed by atoms with Crippen molar-refractivity contribution in [2.45, 2.75) is 19.8 Å². The van der Waals surface area contributed by atoms with Gasteiger partial charge in [-0.1, -0.05) is 69.0 Å². The maximum Gasteiger partial charge on any atom is 0.203 e. The summed E-state index contributed by atoms with van der Waals surface area (Å²) < 4.78 is 5.90. The molecule has 21 heavy (non-hydrogen) atoms. The van der Waals surface area contributed by atoms with Crippen LogP contribution in [0.15, 0.2) is 78.0 Å². The van der Waals surface area contributed by atoms with Crippen molar-refractivity contribution in [3.05, 3.63) is 78.6 Å². The Kier molecular flexibility index (Phi) is 3.38. The SMILES string of the molecule is C=C1OC(=Nc2ccccc2)C(c2ccccc2)C1(C)C. The van der Waals surface area contributed by atoms with E-state index in [4.69, 9.17) is 9.73 Å². The molecule has 0 bridgehead atoms. The minimum atomic E-state index is -0.172. The lowest BCUT2D eigenvalue weighted by molar-refractivity contribution is 0.337. The Bertz CT molecular complexity index is 671. The molecule has 0 saturated carbocycles. The van der Waals surface area contributed by atoms with Crippen LogP contribution in [-0.4, -0.2) is 5.90 Å². The first-order valence-electron chi connectivity index (χ1n) is 7.15. The van der Waals surface area contributed by atoms with Gasteiger partial charge in [-0.25, -0.2) is 4.99 Å². The van der Waals surface area contributed by atoms with Gasteiger partial charge in [0.15, 0.2) is 0 Å². The standard InChI is InChI=1S/C19H19NO/c1-14-19(2,3)17(15-10-6-4-7-11-15)18(21-14)20-16-12-8-5-9-13-16/h4-13,17H,1H2,2-3H3. The second-order valence-electron chi connectivity index (χ2n) is 5.88. The van der Waals surface area contributed by atoms with Crippen molar-refractivity contribution in [2.24, 2.45) is 10.4 Å². The molecule has 2 aromatic rings. The number of hydrogen-bond acceptors (Lipinski definition) is 2. The number of hydrogen-bond donors (Lipinski definition) is 0. The molecule has 1 heterocycles. The fraction of sp³-hybridized carbons (Fsp3) is 0.211. The molecule has 0 N–H and O–H groups in total. The molecule has 1 aliphatic rings. The normalized spacial score (nSPS) is 22.3. The summed E-state index contributed by atoms with van der Waals surface area (Å²) >= 11 is 0. The van der Waals surface area contributed by atoms with Crippen molar-refractivity contribution in [3.8, 4) is 0 Å². The molecular weight excluding hydrogens is 258 g/mol. The number of ether oxygens (including phenoxy) is 1. The summed E-state index contributed by atoms with van der Waals surface area (Å²) in [6.07, 6.45) is 0. The Morgan fingerprint density at radius 2 is 1.52 bits per heavy atom. The summed E-state index contributed by atoms with van der Waals surface area (Å²) in [6, 6.07) is 20.3. The van der Waals surface area contributed by atoms with Gasteiger partial charge in [0.05, 0.1) is 11.6 Å². The second kappa shape index (κ2) is 5.21. The third kappa shape index (κ3) is 2.49. The Hall–Kier alpha value is -2.35. The van der Waals surface area contributed by atoms with Crippen LogP contribution < -0.4 is 0 Å². The van der Waals surface area contributed by atoms with E-state index in [2.05, 4.69) is 32.6 Å². The van der Waals surface area contributed by atoms with E-state index in [-0.39, 0.29) is 11.3 Å². The van der Waals surface area contributed by atoms with Crippen LogP contribution in [0.3, 0.4) is 0 Å². The average molecular weight is 277 g/mol. The van der Waals surface area contributed by atoms with Gasteiger partial charge in [0.1, 0.15) is 5.76 Å². The summed E-state index contributed by atoms with van der Waals surface area (Å²) in [7, 11) is 0. The molecule has 0 radical (unpaired) electrons. The highest BCUT2D eigenvalue weighted by Crippen LogP contribution is 2.49. The van der Waals surface area contributed by atoms with Gasteiger partial charge in [-0.15, -0.1) is 0 Å². The van der Waals surface area contributed by atoms with Crippen LogP contribution in [0.4, 0.5) is 5.69 Å². The largest absolute Gasteiger partial charge is 0.447 e. The predicted octanol–water partition coefficient (Wildman–Crippen LogP) is 5.07. The van der Waals surface area contributed by atoms with Crippen molar-refractivity contribution >= 4 is 11.6 Å². The third-order valence-corrected chi connectivity index (χ3v) is 4.04. The van der Waals surface area contributed by atoms with Crippen LogP contribution in [0.1, 0.15) is 25.3 Å². The van der Waals surface area contributed by atoms with Crippen LogP contribution >= 0.6 is 0 Å². The molecule has 2 heteroatoms. The molecule has 0 spiro atoms. The molecule has 2 aromatic carbocycles. The highest BCUT2D eigenvalue weighted by molar-refractivity contribution is 5.90. The maximum atomic E-state index is 5.90. The van der Waals surface area contributed by atoms with E-state index >= 15 is 0 Å². The summed E-state index contributed by atoms with van der Waals surface area (Å²) in [5.41, 5.74) is 1.93. The van der Waals surface area contributed by atoms with Gasteiger partial charge in [0.2, 0.25) is 5.90 Å². The lowest BCUT2D eigenvalue weighted by atomic mass is 9.75. The molecule has 2 nitrogen and oxygen atoms in total. The molecule has 1 saturated heterocycles. The molecule has 0 aliphatic carbocycles. The number of nitrogens with zero attached hydrogens (tertiary/aromatic N) is 1. The smallest absolute Gasteiger partial charge is 0.203 e. The van der Waals surface area contributed by atoms with Gasteiger partial charge in [-0.05, 0) is 17.7 Å². The first-order valence-corrected chi connectivity index (χ1v) is 7.15. The lowest BCUT2D eigenvalue weighted by Gasteiger charge is -2.24. The molecular formula is C19H19NO. The first kappa shape index (κ1) is 13.6. The van der Waals surface area contributed by atoms with Gasteiger partial charge in [0, 0.05) is 5.41 Å². The van der Waals surface area contributed by atoms with Gasteiger partial charge >= 0.3 is 0 Å². The summed E-state index contributed by atoms with van der Waals surface area (Å²) in [5.74, 6) is 1.58. The average Bonchev–Trinajstić information content (AvgIpc) is 2.70. The van der Waals surface area contributed by atoms with E-state index in [1.807, 2.05) is 48.5 Å². The zero-order valence-electron chi connectivity index (χ0n) is 12.4. The topological polar surface area (TPSA) is 21.6 Å². The van der Waals surface area contributed by atoms with Crippen molar-refractivity contribution in [3.63, 3.8) is 0 Å². The number of aliphatic imine (C=N–C) groups is 1. The number of para-hydroxylation sites is 1. The third-order valence-electron chi connectivity index (χ3n) is 4.04. The Morgan fingerprint density at radius 3 is 2.14 bits per heavy atom. The van der Waals surface area contributed by atoms with E-state index in [0.29, 0.717) is 0 Å². The van der Waals surface area contributed by atoms with E-state index in [9.17, 15) is 0 Å².